The van der Waals surface area contributed by atoms with Gasteiger partial charge in [0.2, 0.25) is 0 Å². The third-order valence-corrected chi connectivity index (χ3v) is 2.36. The minimum Gasteiger partial charge on any atom is -0.464 e. The van der Waals surface area contributed by atoms with Crippen molar-refractivity contribution in [2.75, 3.05) is 0 Å². The molecule has 0 aliphatic carbocycles. The molecule has 0 radical (unpaired) electrons. The van der Waals surface area contributed by atoms with Gasteiger partial charge in [-0.05, 0) is 24.3 Å². The Morgan fingerprint density at radius 2 is 1.62 bits per heavy atom. The molecule has 0 aliphatic heterocycles. The van der Waals surface area contributed by atoms with Gasteiger partial charge >= 0.3 is 0 Å². The maximum absolute atomic E-state index is 5.98. The van der Waals surface area contributed by atoms with Crippen LogP contribution in [-0.2, 0) is 0 Å². The van der Waals surface area contributed by atoms with Crippen LogP contribution >= 0.6 is 23.2 Å². The van der Waals surface area contributed by atoms with E-state index in [4.69, 9.17) is 27.6 Å². The first-order valence-electron chi connectivity index (χ1n) is 3.77. The zero-order chi connectivity index (χ0) is 9.26. The number of hydrogen-bond donors (Lipinski definition) is 0. The second-order valence-corrected chi connectivity index (χ2v) is 3.39. The SMILES string of the molecule is Clc1cccc(Cl)c1-c1ccco1. The van der Waals surface area contributed by atoms with E-state index in [0.717, 1.165) is 5.56 Å². The maximum Gasteiger partial charge on any atom is 0.136 e. The summed E-state index contributed by atoms with van der Waals surface area (Å²) in [6.45, 7) is 0. The molecule has 0 saturated carbocycles. The molecular formula is C10H6Cl2O. The van der Waals surface area contributed by atoms with E-state index in [2.05, 4.69) is 0 Å². The van der Waals surface area contributed by atoms with Crippen molar-refractivity contribution in [1.29, 1.82) is 0 Å². The van der Waals surface area contributed by atoms with Crippen LogP contribution in [0.3, 0.4) is 0 Å². The topological polar surface area (TPSA) is 13.1 Å². The van der Waals surface area contributed by atoms with E-state index in [1.807, 2.05) is 6.07 Å². The first-order valence-corrected chi connectivity index (χ1v) is 4.52. The van der Waals surface area contributed by atoms with Gasteiger partial charge in [-0.15, -0.1) is 0 Å². The van der Waals surface area contributed by atoms with Gasteiger partial charge in [0.15, 0.2) is 0 Å². The van der Waals surface area contributed by atoms with E-state index in [1.54, 1.807) is 30.5 Å². The van der Waals surface area contributed by atoms with Crippen LogP contribution in [0.15, 0.2) is 41.0 Å². The molecule has 1 aromatic heterocycles. The Hall–Kier alpha value is -0.920. The summed E-state index contributed by atoms with van der Waals surface area (Å²) in [4.78, 5) is 0. The number of furan rings is 1. The molecule has 0 atom stereocenters. The lowest BCUT2D eigenvalue weighted by Gasteiger charge is -2.02. The van der Waals surface area contributed by atoms with Crippen molar-refractivity contribution in [2.24, 2.45) is 0 Å². The predicted molar refractivity (Wildman–Crippen MR) is 54.2 cm³/mol. The van der Waals surface area contributed by atoms with Crippen molar-refractivity contribution < 1.29 is 4.42 Å². The quantitative estimate of drug-likeness (QED) is 0.689. The molecule has 0 aliphatic rings. The van der Waals surface area contributed by atoms with Crippen LogP contribution in [0.25, 0.3) is 11.3 Å². The predicted octanol–water partition coefficient (Wildman–Crippen LogP) is 4.25. The van der Waals surface area contributed by atoms with Gasteiger partial charge in [0.1, 0.15) is 5.76 Å². The Balaban J connectivity index is 2.64. The van der Waals surface area contributed by atoms with Gasteiger partial charge < -0.3 is 4.42 Å². The molecule has 0 unspecified atom stereocenters. The molecular weight excluding hydrogens is 207 g/mol. The molecule has 0 bridgehead atoms. The number of halogens is 2. The van der Waals surface area contributed by atoms with E-state index in [1.165, 1.54) is 0 Å². The summed E-state index contributed by atoms with van der Waals surface area (Å²) in [5.74, 6) is 0.690. The lowest BCUT2D eigenvalue weighted by Crippen LogP contribution is -1.77. The first kappa shape index (κ1) is 8.67. The second kappa shape index (κ2) is 3.44. The summed E-state index contributed by atoms with van der Waals surface area (Å²) in [5, 5.41) is 1.20. The minimum atomic E-state index is 0.599. The Morgan fingerprint density at radius 1 is 0.923 bits per heavy atom. The summed E-state index contributed by atoms with van der Waals surface area (Å²) in [6.07, 6.45) is 1.59. The fraction of sp³-hybridized carbons (Fsp3) is 0. The van der Waals surface area contributed by atoms with Gasteiger partial charge in [0, 0.05) is 0 Å². The summed E-state index contributed by atoms with van der Waals surface area (Å²) in [5.41, 5.74) is 0.746. The zero-order valence-corrected chi connectivity index (χ0v) is 8.14. The average Bonchev–Trinajstić information content (AvgIpc) is 2.57. The van der Waals surface area contributed by atoms with Gasteiger partial charge in [-0.25, -0.2) is 0 Å². The van der Waals surface area contributed by atoms with Gasteiger partial charge in [-0.2, -0.15) is 0 Å². The number of hydrogen-bond acceptors (Lipinski definition) is 1. The lowest BCUT2D eigenvalue weighted by atomic mass is 10.2. The van der Waals surface area contributed by atoms with E-state index < -0.39 is 0 Å². The van der Waals surface area contributed by atoms with Crippen molar-refractivity contribution >= 4 is 23.2 Å². The molecule has 1 heterocycles. The Morgan fingerprint density at radius 3 is 2.15 bits per heavy atom. The molecule has 0 fully saturated rings. The summed E-state index contributed by atoms with van der Waals surface area (Å²) >= 11 is 12.0. The van der Waals surface area contributed by atoms with Crippen molar-refractivity contribution in [2.45, 2.75) is 0 Å². The third-order valence-electron chi connectivity index (χ3n) is 1.73. The van der Waals surface area contributed by atoms with Crippen LogP contribution in [0.1, 0.15) is 0 Å². The van der Waals surface area contributed by atoms with E-state index in [9.17, 15) is 0 Å². The fourth-order valence-electron chi connectivity index (χ4n) is 1.15. The highest BCUT2D eigenvalue weighted by atomic mass is 35.5. The Labute approximate surface area is 85.9 Å². The molecule has 13 heavy (non-hydrogen) atoms. The molecule has 0 N–H and O–H groups in total. The number of rotatable bonds is 1. The van der Waals surface area contributed by atoms with Crippen LogP contribution in [-0.4, -0.2) is 0 Å². The molecule has 3 heteroatoms. The van der Waals surface area contributed by atoms with Crippen LogP contribution < -0.4 is 0 Å². The van der Waals surface area contributed by atoms with Crippen LogP contribution in [0.4, 0.5) is 0 Å². The van der Waals surface area contributed by atoms with E-state index >= 15 is 0 Å². The highest BCUT2D eigenvalue weighted by molar-refractivity contribution is 6.39. The zero-order valence-electron chi connectivity index (χ0n) is 6.63. The molecule has 0 amide bonds. The Bertz CT molecular complexity index is 387. The standard InChI is InChI=1S/C10H6Cl2O/c11-7-3-1-4-8(12)10(7)9-5-2-6-13-9/h1-6H. The van der Waals surface area contributed by atoms with E-state index in [-0.39, 0.29) is 0 Å². The third kappa shape index (κ3) is 1.58. The summed E-state index contributed by atoms with van der Waals surface area (Å²) < 4.78 is 5.21. The minimum absolute atomic E-state index is 0.599. The van der Waals surface area contributed by atoms with Crippen molar-refractivity contribution in [3.8, 4) is 11.3 Å². The van der Waals surface area contributed by atoms with Gasteiger partial charge in [-0.3, -0.25) is 0 Å². The molecule has 1 nitrogen and oxygen atoms in total. The van der Waals surface area contributed by atoms with Crippen molar-refractivity contribution in [3.63, 3.8) is 0 Å². The van der Waals surface area contributed by atoms with Crippen LogP contribution in [0.2, 0.25) is 10.0 Å². The van der Waals surface area contributed by atoms with Gasteiger partial charge in [-0.1, -0.05) is 29.3 Å². The largest absolute Gasteiger partial charge is 0.464 e. The first-order chi connectivity index (χ1) is 6.29. The number of benzene rings is 1. The monoisotopic (exact) mass is 212 g/mol. The van der Waals surface area contributed by atoms with Crippen molar-refractivity contribution in [3.05, 3.63) is 46.6 Å². The van der Waals surface area contributed by atoms with Gasteiger partial charge in [0.25, 0.3) is 0 Å². The lowest BCUT2D eigenvalue weighted by molar-refractivity contribution is 0.582. The van der Waals surface area contributed by atoms with Gasteiger partial charge in [0.05, 0.1) is 21.9 Å². The van der Waals surface area contributed by atoms with Crippen molar-refractivity contribution in [1.82, 2.24) is 0 Å². The molecule has 2 aromatic rings. The molecule has 1 aromatic carbocycles. The summed E-state index contributed by atoms with van der Waals surface area (Å²) in [6, 6.07) is 9.00. The normalized spacial score (nSPS) is 10.3. The summed E-state index contributed by atoms with van der Waals surface area (Å²) in [7, 11) is 0. The second-order valence-electron chi connectivity index (χ2n) is 2.57. The van der Waals surface area contributed by atoms with E-state index in [0.29, 0.717) is 15.8 Å². The van der Waals surface area contributed by atoms with Crippen LogP contribution in [0, 0.1) is 0 Å². The molecule has 0 saturated heterocycles. The average molecular weight is 213 g/mol. The van der Waals surface area contributed by atoms with Crippen LogP contribution in [0.5, 0.6) is 0 Å². The molecule has 0 spiro atoms. The fourth-order valence-corrected chi connectivity index (χ4v) is 1.74. The highest BCUT2D eigenvalue weighted by Gasteiger charge is 2.09. The molecule has 2 rings (SSSR count). The Kier molecular flexibility index (Phi) is 2.30. The highest BCUT2D eigenvalue weighted by Crippen LogP contribution is 2.34. The maximum atomic E-state index is 5.98. The smallest absolute Gasteiger partial charge is 0.136 e. The molecule has 66 valence electrons.